The Balaban J connectivity index is 1.91. The minimum Gasteiger partial charge on any atom is -0.482 e. The topological polar surface area (TPSA) is 58.6 Å². The minimum absolute atomic E-state index is 0.0268. The molecule has 0 aromatic heterocycles. The van der Waals surface area contributed by atoms with E-state index in [2.05, 4.69) is 21.2 Å². The molecule has 36 heavy (non-hydrogen) atoms. The molecule has 2 atom stereocenters. The lowest BCUT2D eigenvalue weighted by molar-refractivity contribution is -0.143. The zero-order chi connectivity index (χ0) is 26.1. The van der Waals surface area contributed by atoms with Gasteiger partial charge in [0.05, 0.1) is 5.02 Å². The quantitative estimate of drug-likeness (QED) is 0.270. The Morgan fingerprint density at radius 3 is 2.33 bits per heavy atom. The van der Waals surface area contributed by atoms with Crippen LogP contribution in [0.2, 0.25) is 10.0 Å². The molecule has 0 radical (unpaired) electrons. The fourth-order valence-corrected chi connectivity index (χ4v) is 4.45. The van der Waals surface area contributed by atoms with Crippen molar-refractivity contribution in [3.05, 3.63) is 98.4 Å². The Bertz CT molecular complexity index is 1160. The van der Waals surface area contributed by atoms with E-state index in [1.807, 2.05) is 56.3 Å². The van der Waals surface area contributed by atoms with E-state index in [1.54, 1.807) is 35.2 Å². The number of nitrogens with zero attached hydrogens (tertiary/aromatic N) is 1. The van der Waals surface area contributed by atoms with Crippen molar-refractivity contribution in [3.63, 3.8) is 0 Å². The third-order valence-electron chi connectivity index (χ3n) is 5.78. The lowest BCUT2D eigenvalue weighted by Crippen LogP contribution is -2.53. The number of carbonyl (C=O) groups is 2. The Morgan fingerprint density at radius 1 is 1.00 bits per heavy atom. The van der Waals surface area contributed by atoms with Gasteiger partial charge in [-0.05, 0) is 54.8 Å². The molecule has 0 aliphatic heterocycles. The number of carbonyl (C=O) groups excluding carboxylic acids is 2. The molecule has 3 aromatic carbocycles. The van der Waals surface area contributed by atoms with Gasteiger partial charge >= 0.3 is 0 Å². The van der Waals surface area contributed by atoms with Crippen LogP contribution in [-0.4, -0.2) is 35.4 Å². The van der Waals surface area contributed by atoms with Crippen LogP contribution in [0.5, 0.6) is 5.75 Å². The highest BCUT2D eigenvalue weighted by molar-refractivity contribution is 9.10. The largest absolute Gasteiger partial charge is 0.482 e. The Kier molecular flexibility index (Phi) is 10.7. The molecule has 0 aliphatic rings. The van der Waals surface area contributed by atoms with Crippen LogP contribution in [0.25, 0.3) is 0 Å². The van der Waals surface area contributed by atoms with Crippen LogP contribution in [-0.2, 0) is 22.6 Å². The van der Waals surface area contributed by atoms with Crippen molar-refractivity contribution in [2.45, 2.75) is 45.3 Å². The standard InChI is InChI=1S/C28H29BrCl2N2O3/c1-3-19(2)32-28(35)25(15-20-7-5-4-6-8-20)33(17-21-9-12-23(30)13-10-21)27(34)18-36-26-14-11-22(29)16-24(26)31/h4-14,16,19,25H,3,15,17-18H2,1-2H3,(H,32,35). The van der Waals surface area contributed by atoms with Crippen LogP contribution < -0.4 is 10.1 Å². The van der Waals surface area contributed by atoms with E-state index in [4.69, 9.17) is 27.9 Å². The van der Waals surface area contributed by atoms with Gasteiger partial charge in [-0.3, -0.25) is 9.59 Å². The van der Waals surface area contributed by atoms with E-state index < -0.39 is 6.04 Å². The van der Waals surface area contributed by atoms with Crippen LogP contribution in [0.1, 0.15) is 31.4 Å². The Hall–Kier alpha value is -2.54. The van der Waals surface area contributed by atoms with Crippen molar-refractivity contribution in [1.29, 1.82) is 0 Å². The monoisotopic (exact) mass is 590 g/mol. The van der Waals surface area contributed by atoms with Crippen LogP contribution in [0.15, 0.2) is 77.3 Å². The summed E-state index contributed by atoms with van der Waals surface area (Å²) in [7, 11) is 0. The summed E-state index contributed by atoms with van der Waals surface area (Å²) in [4.78, 5) is 28.6. The van der Waals surface area contributed by atoms with Gasteiger partial charge in [-0.25, -0.2) is 0 Å². The van der Waals surface area contributed by atoms with Gasteiger partial charge in [0.1, 0.15) is 11.8 Å². The second-order valence-corrected chi connectivity index (χ2v) is 10.3. The zero-order valence-electron chi connectivity index (χ0n) is 20.2. The average molecular weight is 592 g/mol. The summed E-state index contributed by atoms with van der Waals surface area (Å²) in [5.41, 5.74) is 1.80. The van der Waals surface area contributed by atoms with Gasteiger partial charge in [0.15, 0.2) is 6.61 Å². The second-order valence-electron chi connectivity index (χ2n) is 8.53. The summed E-state index contributed by atoms with van der Waals surface area (Å²) in [6.45, 7) is 3.90. The van der Waals surface area contributed by atoms with Crippen LogP contribution in [0, 0.1) is 0 Å². The number of hydrogen-bond donors (Lipinski definition) is 1. The van der Waals surface area contributed by atoms with Gasteiger partial charge in [0.25, 0.3) is 5.91 Å². The first-order chi connectivity index (χ1) is 17.3. The van der Waals surface area contributed by atoms with E-state index in [1.165, 1.54) is 0 Å². The van der Waals surface area contributed by atoms with E-state index in [0.717, 1.165) is 22.0 Å². The Labute approximate surface area is 230 Å². The minimum atomic E-state index is -0.742. The molecule has 0 saturated carbocycles. The first-order valence-corrected chi connectivity index (χ1v) is 13.3. The summed E-state index contributed by atoms with van der Waals surface area (Å²) < 4.78 is 6.58. The average Bonchev–Trinajstić information content (AvgIpc) is 2.87. The second kappa shape index (κ2) is 13.7. The normalized spacial score (nSPS) is 12.5. The van der Waals surface area contributed by atoms with Gasteiger partial charge in [-0.2, -0.15) is 0 Å². The predicted molar refractivity (Wildman–Crippen MR) is 148 cm³/mol. The van der Waals surface area contributed by atoms with Crippen molar-refractivity contribution in [2.75, 3.05) is 6.61 Å². The number of hydrogen-bond acceptors (Lipinski definition) is 3. The van der Waals surface area contributed by atoms with Crippen LogP contribution >= 0.6 is 39.1 Å². The van der Waals surface area contributed by atoms with Gasteiger partial charge in [0.2, 0.25) is 5.91 Å². The molecule has 190 valence electrons. The molecule has 0 heterocycles. The zero-order valence-corrected chi connectivity index (χ0v) is 23.3. The number of halogens is 3. The predicted octanol–water partition coefficient (Wildman–Crippen LogP) is 6.69. The van der Waals surface area contributed by atoms with E-state index in [-0.39, 0.29) is 31.0 Å². The molecular formula is C28H29BrCl2N2O3. The summed E-state index contributed by atoms with van der Waals surface area (Å²) in [6.07, 6.45) is 1.14. The van der Waals surface area contributed by atoms with E-state index >= 15 is 0 Å². The highest BCUT2D eigenvalue weighted by Gasteiger charge is 2.31. The summed E-state index contributed by atoms with van der Waals surface area (Å²) in [5.74, 6) is -0.148. The molecule has 0 fully saturated rings. The number of ether oxygens (including phenoxy) is 1. The first-order valence-electron chi connectivity index (χ1n) is 11.7. The van der Waals surface area contributed by atoms with Gasteiger partial charge in [-0.1, -0.05) is 88.5 Å². The number of amides is 2. The van der Waals surface area contributed by atoms with Gasteiger partial charge in [-0.15, -0.1) is 0 Å². The fraction of sp³-hybridized carbons (Fsp3) is 0.286. The SMILES string of the molecule is CCC(C)NC(=O)C(Cc1ccccc1)N(Cc1ccc(Cl)cc1)C(=O)COc1ccc(Br)cc1Cl. The van der Waals surface area contributed by atoms with Gasteiger partial charge < -0.3 is 15.0 Å². The smallest absolute Gasteiger partial charge is 0.261 e. The van der Waals surface area contributed by atoms with Crippen LogP contribution in [0.3, 0.4) is 0 Å². The molecule has 3 aromatic rings. The van der Waals surface area contributed by atoms with E-state index in [0.29, 0.717) is 22.2 Å². The summed E-state index contributed by atoms with van der Waals surface area (Å²) >= 11 is 15.7. The lowest BCUT2D eigenvalue weighted by Gasteiger charge is -2.32. The maximum absolute atomic E-state index is 13.6. The summed E-state index contributed by atoms with van der Waals surface area (Å²) in [6, 6.07) is 21.3. The number of nitrogens with one attached hydrogen (secondary N) is 1. The third kappa shape index (κ3) is 8.26. The molecule has 0 aliphatic carbocycles. The summed E-state index contributed by atoms with van der Waals surface area (Å²) in [5, 5.41) is 4.03. The molecule has 1 N–H and O–H groups in total. The Morgan fingerprint density at radius 2 is 1.69 bits per heavy atom. The van der Waals surface area contributed by atoms with Crippen molar-refractivity contribution in [2.24, 2.45) is 0 Å². The maximum Gasteiger partial charge on any atom is 0.261 e. The highest BCUT2D eigenvalue weighted by Crippen LogP contribution is 2.28. The third-order valence-corrected chi connectivity index (χ3v) is 6.82. The molecule has 0 saturated heterocycles. The van der Waals surface area contributed by atoms with Crippen molar-refractivity contribution >= 4 is 50.9 Å². The molecule has 5 nitrogen and oxygen atoms in total. The highest BCUT2D eigenvalue weighted by atomic mass is 79.9. The number of rotatable bonds is 11. The molecule has 3 rings (SSSR count). The lowest BCUT2D eigenvalue weighted by atomic mass is 10.0. The van der Waals surface area contributed by atoms with Crippen molar-refractivity contribution in [3.8, 4) is 5.75 Å². The molecule has 0 spiro atoms. The molecule has 2 unspecified atom stereocenters. The molecule has 2 amide bonds. The van der Waals surface area contributed by atoms with Crippen LogP contribution in [0.4, 0.5) is 0 Å². The van der Waals surface area contributed by atoms with Gasteiger partial charge in [0, 0.05) is 28.5 Å². The van der Waals surface area contributed by atoms with Crippen molar-refractivity contribution in [1.82, 2.24) is 10.2 Å². The fourth-order valence-electron chi connectivity index (χ4n) is 3.60. The molecular weight excluding hydrogens is 563 g/mol. The molecule has 0 bridgehead atoms. The van der Waals surface area contributed by atoms with E-state index in [9.17, 15) is 9.59 Å². The first kappa shape index (κ1) is 28.0. The maximum atomic E-state index is 13.6. The molecule has 8 heteroatoms. The number of benzene rings is 3. The van der Waals surface area contributed by atoms with Crippen molar-refractivity contribution < 1.29 is 14.3 Å².